The van der Waals surface area contributed by atoms with E-state index in [-0.39, 0.29) is 0 Å². The van der Waals surface area contributed by atoms with Crippen LogP contribution in [0.3, 0.4) is 0 Å². The molecule has 0 aliphatic carbocycles. The van der Waals surface area contributed by atoms with E-state index >= 15 is 0 Å². The highest BCUT2D eigenvalue weighted by Crippen LogP contribution is 2.23. The molecule has 1 aliphatic heterocycles. The van der Waals surface area contributed by atoms with Crippen LogP contribution in [0.2, 0.25) is 0 Å². The van der Waals surface area contributed by atoms with Gasteiger partial charge >= 0.3 is 0 Å². The number of benzene rings is 1. The van der Waals surface area contributed by atoms with E-state index in [1.807, 2.05) is 12.3 Å². The lowest BCUT2D eigenvalue weighted by Crippen LogP contribution is -2.28. The molecule has 0 bridgehead atoms. The summed E-state index contributed by atoms with van der Waals surface area (Å²) >= 11 is 0. The molecule has 0 atom stereocenters. The zero-order valence-electron chi connectivity index (χ0n) is 9.76. The molecule has 0 saturated carbocycles. The molecule has 4 nitrogen and oxygen atoms in total. The minimum atomic E-state index is 1.00. The van der Waals surface area contributed by atoms with Gasteiger partial charge in [-0.15, -0.1) is 5.10 Å². The summed E-state index contributed by atoms with van der Waals surface area (Å²) in [6.07, 6.45) is 2.99. The molecular formula is C13H16N4. The number of fused-ring (bicyclic) bond motifs is 1. The second-order valence-electron chi connectivity index (χ2n) is 4.35. The van der Waals surface area contributed by atoms with Crippen molar-refractivity contribution in [3.63, 3.8) is 0 Å². The average Bonchev–Trinajstić information content (AvgIpc) is 2.67. The van der Waals surface area contributed by atoms with Gasteiger partial charge in [-0.3, -0.25) is 0 Å². The van der Waals surface area contributed by atoms with Crippen molar-refractivity contribution in [2.45, 2.75) is 6.42 Å². The summed E-state index contributed by atoms with van der Waals surface area (Å²) in [7, 11) is 0. The lowest BCUT2D eigenvalue weighted by molar-refractivity contribution is 0.724. The molecule has 88 valence electrons. The molecule has 1 N–H and O–H groups in total. The van der Waals surface area contributed by atoms with Crippen LogP contribution in [0, 0.1) is 0 Å². The summed E-state index contributed by atoms with van der Waals surface area (Å²) in [5.74, 6) is 1.02. The van der Waals surface area contributed by atoms with Crippen molar-refractivity contribution >= 4 is 16.6 Å². The molecule has 4 heteroatoms. The second-order valence-corrected chi connectivity index (χ2v) is 4.35. The fourth-order valence-corrected chi connectivity index (χ4v) is 2.30. The molecular weight excluding hydrogens is 212 g/mol. The number of anilines is 1. The topological polar surface area (TPSA) is 41.0 Å². The number of nitrogens with zero attached hydrogens (tertiary/aromatic N) is 3. The largest absolute Gasteiger partial charge is 0.353 e. The van der Waals surface area contributed by atoms with Gasteiger partial charge in [-0.2, -0.15) is 5.10 Å². The summed E-state index contributed by atoms with van der Waals surface area (Å²) in [5.41, 5.74) is 0. The fraction of sp³-hybridized carbons (Fsp3) is 0.385. The van der Waals surface area contributed by atoms with E-state index in [1.165, 1.54) is 5.39 Å². The summed E-state index contributed by atoms with van der Waals surface area (Å²) in [5, 5.41) is 14.2. The molecule has 0 spiro atoms. The molecule has 3 rings (SSSR count). The third-order valence-electron chi connectivity index (χ3n) is 3.19. The molecule has 17 heavy (non-hydrogen) atoms. The van der Waals surface area contributed by atoms with Crippen molar-refractivity contribution in [3.05, 3.63) is 30.5 Å². The third kappa shape index (κ3) is 2.08. The van der Waals surface area contributed by atoms with Gasteiger partial charge in [-0.05, 0) is 13.0 Å². The van der Waals surface area contributed by atoms with E-state index in [4.69, 9.17) is 0 Å². The number of hydrogen-bond donors (Lipinski definition) is 1. The van der Waals surface area contributed by atoms with Crippen molar-refractivity contribution in [2.75, 3.05) is 31.1 Å². The molecule has 0 amide bonds. The van der Waals surface area contributed by atoms with Gasteiger partial charge in [0.2, 0.25) is 0 Å². The smallest absolute Gasteiger partial charge is 0.159 e. The first-order valence-corrected chi connectivity index (χ1v) is 6.11. The Morgan fingerprint density at radius 2 is 2.06 bits per heavy atom. The maximum Gasteiger partial charge on any atom is 0.159 e. The highest BCUT2D eigenvalue weighted by atomic mass is 15.3. The Morgan fingerprint density at radius 3 is 3.06 bits per heavy atom. The van der Waals surface area contributed by atoms with Crippen LogP contribution in [0.1, 0.15) is 6.42 Å². The third-order valence-corrected chi connectivity index (χ3v) is 3.19. The maximum absolute atomic E-state index is 4.32. The lowest BCUT2D eigenvalue weighted by Gasteiger charge is -2.21. The van der Waals surface area contributed by atoms with Crippen LogP contribution in [-0.4, -0.2) is 36.4 Å². The number of hydrogen-bond acceptors (Lipinski definition) is 4. The Labute approximate surface area is 101 Å². The number of nitrogens with one attached hydrogen (secondary N) is 1. The predicted molar refractivity (Wildman–Crippen MR) is 69.2 cm³/mol. The minimum Gasteiger partial charge on any atom is -0.353 e. The molecule has 1 saturated heterocycles. The Morgan fingerprint density at radius 1 is 1.12 bits per heavy atom. The minimum absolute atomic E-state index is 1.00. The Kier molecular flexibility index (Phi) is 2.88. The average molecular weight is 228 g/mol. The summed E-state index contributed by atoms with van der Waals surface area (Å²) < 4.78 is 0. The number of aromatic nitrogens is 2. The van der Waals surface area contributed by atoms with Crippen LogP contribution in [0.4, 0.5) is 5.82 Å². The lowest BCUT2D eigenvalue weighted by atomic mass is 10.2. The van der Waals surface area contributed by atoms with E-state index in [0.717, 1.165) is 43.8 Å². The van der Waals surface area contributed by atoms with E-state index in [1.54, 1.807) is 0 Å². The van der Waals surface area contributed by atoms with Crippen LogP contribution in [0.5, 0.6) is 0 Å². The van der Waals surface area contributed by atoms with E-state index in [0.29, 0.717) is 0 Å². The van der Waals surface area contributed by atoms with Gasteiger partial charge in [0.25, 0.3) is 0 Å². The SMILES string of the molecule is c1ccc2c(N3CCCNCC3)nncc2c1. The highest BCUT2D eigenvalue weighted by Gasteiger charge is 2.13. The first-order chi connectivity index (χ1) is 8.45. The van der Waals surface area contributed by atoms with Crippen molar-refractivity contribution in [1.82, 2.24) is 15.5 Å². The molecule has 1 aromatic carbocycles. The van der Waals surface area contributed by atoms with Gasteiger partial charge in [-0.1, -0.05) is 24.3 Å². The Bertz CT molecular complexity index is 498. The Balaban J connectivity index is 2.03. The van der Waals surface area contributed by atoms with E-state index < -0.39 is 0 Å². The van der Waals surface area contributed by atoms with Crippen molar-refractivity contribution in [2.24, 2.45) is 0 Å². The van der Waals surface area contributed by atoms with Crippen molar-refractivity contribution in [3.8, 4) is 0 Å². The molecule has 2 heterocycles. The first kappa shape index (κ1) is 10.5. The second kappa shape index (κ2) is 4.67. The van der Waals surface area contributed by atoms with Crippen molar-refractivity contribution in [1.29, 1.82) is 0 Å². The summed E-state index contributed by atoms with van der Waals surface area (Å²) in [6.45, 7) is 4.16. The van der Waals surface area contributed by atoms with Gasteiger partial charge in [0.1, 0.15) is 0 Å². The van der Waals surface area contributed by atoms with Gasteiger partial charge in [0, 0.05) is 30.4 Å². The van der Waals surface area contributed by atoms with Gasteiger partial charge in [0.05, 0.1) is 6.20 Å². The first-order valence-electron chi connectivity index (χ1n) is 6.11. The molecule has 0 radical (unpaired) electrons. The zero-order valence-corrected chi connectivity index (χ0v) is 9.76. The van der Waals surface area contributed by atoms with E-state index in [9.17, 15) is 0 Å². The maximum atomic E-state index is 4.32. The highest BCUT2D eigenvalue weighted by molar-refractivity contribution is 5.91. The van der Waals surface area contributed by atoms with Crippen molar-refractivity contribution < 1.29 is 0 Å². The Hall–Kier alpha value is -1.68. The van der Waals surface area contributed by atoms with Crippen LogP contribution >= 0.6 is 0 Å². The van der Waals surface area contributed by atoms with Crippen LogP contribution in [-0.2, 0) is 0 Å². The van der Waals surface area contributed by atoms with Crippen LogP contribution < -0.4 is 10.2 Å². The quantitative estimate of drug-likeness (QED) is 0.801. The molecule has 0 unspecified atom stereocenters. The summed E-state index contributed by atoms with van der Waals surface area (Å²) in [4.78, 5) is 2.33. The van der Waals surface area contributed by atoms with E-state index in [2.05, 4.69) is 38.6 Å². The summed E-state index contributed by atoms with van der Waals surface area (Å²) in [6, 6.07) is 8.31. The molecule has 1 fully saturated rings. The predicted octanol–water partition coefficient (Wildman–Crippen LogP) is 1.43. The van der Waals surface area contributed by atoms with Gasteiger partial charge < -0.3 is 10.2 Å². The molecule has 1 aromatic heterocycles. The number of rotatable bonds is 1. The van der Waals surface area contributed by atoms with Crippen LogP contribution in [0.15, 0.2) is 30.5 Å². The zero-order chi connectivity index (χ0) is 11.5. The standard InChI is InChI=1S/C13H16N4/c1-2-5-12-11(4-1)10-15-16-13(12)17-8-3-6-14-7-9-17/h1-2,4-5,10,14H,3,6-9H2. The molecule has 1 aliphatic rings. The monoisotopic (exact) mass is 228 g/mol. The van der Waals surface area contributed by atoms with Crippen LogP contribution in [0.25, 0.3) is 10.8 Å². The van der Waals surface area contributed by atoms with Gasteiger partial charge in [0.15, 0.2) is 5.82 Å². The van der Waals surface area contributed by atoms with Gasteiger partial charge in [-0.25, -0.2) is 0 Å². The molecule has 2 aromatic rings. The normalized spacial score (nSPS) is 17.1. The fourth-order valence-electron chi connectivity index (χ4n) is 2.30.